The Balaban J connectivity index is 0.00000169. The van der Waals surface area contributed by atoms with E-state index in [1.807, 2.05) is 0 Å². The van der Waals surface area contributed by atoms with Crippen molar-refractivity contribution in [1.82, 2.24) is 10.3 Å². The van der Waals surface area contributed by atoms with Crippen molar-refractivity contribution in [2.45, 2.75) is 10.5 Å². The van der Waals surface area contributed by atoms with Gasteiger partial charge >= 0.3 is 10.5 Å². The van der Waals surface area contributed by atoms with E-state index in [4.69, 9.17) is 0 Å². The molecule has 14 heavy (non-hydrogen) atoms. The van der Waals surface area contributed by atoms with E-state index in [-0.39, 0.29) is 10.3 Å². The van der Waals surface area contributed by atoms with Crippen LogP contribution >= 0.6 is 0 Å². The van der Waals surface area contributed by atoms with Gasteiger partial charge in [-0.25, -0.2) is 16.8 Å². The summed E-state index contributed by atoms with van der Waals surface area (Å²) in [5.74, 6) is 0. The molecular formula is C2H4F4N2O4S2. The molecule has 1 rings (SSSR count). The lowest BCUT2D eigenvalue weighted by Gasteiger charge is -2.12. The van der Waals surface area contributed by atoms with Gasteiger partial charge in [-0.05, 0) is 0 Å². The van der Waals surface area contributed by atoms with Gasteiger partial charge in [-0.15, -0.1) is 0 Å². The molecule has 1 fully saturated rings. The second kappa shape index (κ2) is 2.77. The predicted molar refractivity (Wildman–Crippen MR) is 35.9 cm³/mol. The lowest BCUT2D eigenvalue weighted by molar-refractivity contribution is -0.0920. The maximum Gasteiger partial charge on any atom is 0.438 e. The maximum atomic E-state index is 12.2. The van der Waals surface area contributed by atoms with Gasteiger partial charge in [0.25, 0.3) is 20.0 Å². The minimum Gasteiger partial charge on any atom is -0.344 e. The molecule has 0 spiro atoms. The van der Waals surface area contributed by atoms with Crippen LogP contribution in [0.2, 0.25) is 0 Å². The molecule has 0 aromatic carbocycles. The second-order valence-electron chi connectivity index (χ2n) is 2.12. The zero-order chi connectivity index (χ0) is 10.7. The van der Waals surface area contributed by atoms with Gasteiger partial charge in [0.15, 0.2) is 0 Å². The van der Waals surface area contributed by atoms with Gasteiger partial charge in [0.05, 0.1) is 0 Å². The van der Waals surface area contributed by atoms with Crippen LogP contribution in [0.3, 0.4) is 0 Å². The second-order valence-corrected chi connectivity index (χ2v) is 5.83. The number of nitrogens with one attached hydrogen (secondary N) is 1. The Bertz CT molecular complexity index is 396. The Morgan fingerprint density at radius 1 is 0.786 bits per heavy atom. The van der Waals surface area contributed by atoms with Gasteiger partial charge in [0, 0.05) is 0 Å². The summed E-state index contributed by atoms with van der Waals surface area (Å²) in [4.78, 5) is 0. The average Bonchev–Trinajstić information content (AvgIpc) is 1.88. The molecular weight excluding hydrogens is 256 g/mol. The maximum absolute atomic E-state index is 12.2. The van der Waals surface area contributed by atoms with Gasteiger partial charge in [-0.1, -0.05) is 4.13 Å². The van der Waals surface area contributed by atoms with Gasteiger partial charge < -0.3 is 6.15 Å². The first-order chi connectivity index (χ1) is 5.46. The van der Waals surface area contributed by atoms with E-state index in [1.165, 1.54) is 0 Å². The minimum absolute atomic E-state index is 0. The summed E-state index contributed by atoms with van der Waals surface area (Å²) >= 11 is 0. The molecule has 4 N–H and O–H groups in total. The lowest BCUT2D eigenvalue weighted by atomic mass is 10.7. The average molecular weight is 260 g/mol. The van der Waals surface area contributed by atoms with E-state index in [0.29, 0.717) is 0 Å². The third kappa shape index (κ3) is 1.21. The standard InChI is InChI=1S/C2HF4NO4S2.H3N/c3-1(4)2(5,6)13(10,11)7-12(1,8)9;/h7H;1H3. The summed E-state index contributed by atoms with van der Waals surface area (Å²) in [6.07, 6.45) is 0. The molecule has 0 saturated carbocycles. The zero-order valence-electron chi connectivity index (χ0n) is 6.17. The summed E-state index contributed by atoms with van der Waals surface area (Å²) in [6.45, 7) is 0. The fraction of sp³-hybridized carbons (Fsp3) is 1.00. The SMILES string of the molecule is N.O=S1(=O)NS(=O)(=O)C(F)(F)C1(F)F. The number of sulfonamides is 2. The van der Waals surface area contributed by atoms with Crippen molar-refractivity contribution in [2.75, 3.05) is 0 Å². The first kappa shape index (κ1) is 13.5. The fourth-order valence-corrected chi connectivity index (χ4v) is 3.84. The molecule has 6 nitrogen and oxygen atoms in total. The molecule has 86 valence electrons. The Kier molecular flexibility index (Phi) is 2.68. The zero-order valence-corrected chi connectivity index (χ0v) is 7.80. The van der Waals surface area contributed by atoms with Crippen LogP contribution in [-0.4, -0.2) is 27.3 Å². The highest BCUT2D eigenvalue weighted by molar-refractivity contribution is 8.09. The van der Waals surface area contributed by atoms with Gasteiger partial charge in [-0.3, -0.25) is 0 Å². The van der Waals surface area contributed by atoms with Crippen molar-refractivity contribution < 1.29 is 34.4 Å². The van der Waals surface area contributed by atoms with E-state index in [0.717, 1.165) is 0 Å². The lowest BCUT2D eigenvalue weighted by Crippen LogP contribution is -2.42. The number of hydrogen-bond acceptors (Lipinski definition) is 5. The highest BCUT2D eigenvalue weighted by atomic mass is 32.3. The molecule has 1 saturated heterocycles. The molecule has 0 aromatic heterocycles. The van der Waals surface area contributed by atoms with Gasteiger partial charge in [-0.2, -0.15) is 17.6 Å². The molecule has 0 bridgehead atoms. The Labute approximate surface area is 76.0 Å². The summed E-state index contributed by atoms with van der Waals surface area (Å²) in [5, 5.41) is -11.3. The van der Waals surface area contributed by atoms with Crippen molar-refractivity contribution in [3.63, 3.8) is 0 Å². The monoisotopic (exact) mass is 260 g/mol. The van der Waals surface area contributed by atoms with E-state index >= 15 is 0 Å². The summed E-state index contributed by atoms with van der Waals surface area (Å²) in [6, 6.07) is 0. The predicted octanol–water partition coefficient (Wildman–Crippen LogP) is -0.403. The van der Waals surface area contributed by atoms with Crippen molar-refractivity contribution in [2.24, 2.45) is 0 Å². The number of halogens is 4. The topological polar surface area (TPSA) is 115 Å². The van der Waals surface area contributed by atoms with Crippen LogP contribution in [0.5, 0.6) is 0 Å². The van der Waals surface area contributed by atoms with Crippen molar-refractivity contribution in [3.8, 4) is 0 Å². The number of hydrogen-bond donors (Lipinski definition) is 2. The van der Waals surface area contributed by atoms with E-state index in [1.54, 1.807) is 0 Å². The van der Waals surface area contributed by atoms with E-state index in [2.05, 4.69) is 0 Å². The summed E-state index contributed by atoms with van der Waals surface area (Å²) < 4.78 is 89.8. The largest absolute Gasteiger partial charge is 0.438 e. The van der Waals surface area contributed by atoms with Crippen molar-refractivity contribution in [1.29, 1.82) is 0 Å². The van der Waals surface area contributed by atoms with Crippen molar-refractivity contribution in [3.05, 3.63) is 0 Å². The first-order valence-electron chi connectivity index (χ1n) is 2.49. The van der Waals surface area contributed by atoms with Crippen LogP contribution in [0.25, 0.3) is 0 Å². The van der Waals surface area contributed by atoms with E-state index in [9.17, 15) is 34.4 Å². The van der Waals surface area contributed by atoms with Gasteiger partial charge in [0.1, 0.15) is 0 Å². The molecule has 0 aromatic rings. The smallest absolute Gasteiger partial charge is 0.344 e. The Morgan fingerprint density at radius 2 is 1.00 bits per heavy atom. The number of rotatable bonds is 0. The molecule has 1 aliphatic heterocycles. The molecule has 1 heterocycles. The number of alkyl halides is 4. The Morgan fingerprint density at radius 3 is 1.07 bits per heavy atom. The van der Waals surface area contributed by atoms with E-state index < -0.39 is 30.6 Å². The molecule has 0 unspecified atom stereocenters. The highest BCUT2D eigenvalue weighted by Gasteiger charge is 2.80. The third-order valence-corrected chi connectivity index (χ3v) is 4.98. The molecule has 12 heteroatoms. The molecule has 0 amide bonds. The molecule has 0 atom stereocenters. The molecule has 0 radical (unpaired) electrons. The summed E-state index contributed by atoms with van der Waals surface area (Å²) in [5.41, 5.74) is 0. The minimum atomic E-state index is -5.86. The quantitative estimate of drug-likeness (QED) is 0.575. The van der Waals surface area contributed by atoms with Crippen LogP contribution in [-0.2, 0) is 20.0 Å². The van der Waals surface area contributed by atoms with Gasteiger partial charge in [0.2, 0.25) is 0 Å². The van der Waals surface area contributed by atoms with Crippen LogP contribution in [0.15, 0.2) is 0 Å². The van der Waals surface area contributed by atoms with Crippen LogP contribution in [0.4, 0.5) is 17.6 Å². The fourth-order valence-electron chi connectivity index (χ4n) is 0.562. The van der Waals surface area contributed by atoms with Crippen LogP contribution in [0.1, 0.15) is 0 Å². The van der Waals surface area contributed by atoms with Crippen LogP contribution < -0.4 is 10.3 Å². The summed E-state index contributed by atoms with van der Waals surface area (Å²) in [7, 11) is -11.7. The highest BCUT2D eigenvalue weighted by Crippen LogP contribution is 2.46. The van der Waals surface area contributed by atoms with Crippen molar-refractivity contribution >= 4 is 20.0 Å². The molecule has 0 aliphatic carbocycles. The van der Waals surface area contributed by atoms with Crippen LogP contribution in [0, 0.1) is 0 Å². The molecule has 1 aliphatic rings. The first-order valence-corrected chi connectivity index (χ1v) is 5.46. The Hall–Kier alpha value is -0.460. The third-order valence-electron chi connectivity index (χ3n) is 1.23. The normalized spacial score (nSPS) is 30.6.